The molecule has 0 aliphatic rings. The average Bonchev–Trinajstić information content (AvgIpc) is 1.83. The standard InChI is InChI=1S/C4H7N3O2/c5-3(8)1-2-4(9)7-6/h1-2H,6H2,(H2,5,8)(H,7,9)/b2-1+. The maximum Gasteiger partial charge on any atom is 0.258 e. The third-order valence-corrected chi connectivity index (χ3v) is 0.541. The highest BCUT2D eigenvalue weighted by atomic mass is 16.2. The smallest absolute Gasteiger partial charge is 0.258 e. The van der Waals surface area contributed by atoms with Gasteiger partial charge in [-0.05, 0) is 0 Å². The van der Waals surface area contributed by atoms with Gasteiger partial charge < -0.3 is 5.73 Å². The molecule has 0 aromatic carbocycles. The SMILES string of the molecule is NNC(=O)/C=C/C(N)=O. The molecule has 0 saturated carbocycles. The lowest BCUT2D eigenvalue weighted by Crippen LogP contribution is -2.28. The Kier molecular flexibility index (Phi) is 3.07. The van der Waals surface area contributed by atoms with E-state index in [1.54, 1.807) is 5.43 Å². The van der Waals surface area contributed by atoms with E-state index in [1.165, 1.54) is 0 Å². The lowest BCUT2D eigenvalue weighted by Gasteiger charge is -1.86. The lowest BCUT2D eigenvalue weighted by molar-refractivity contribution is -0.117. The van der Waals surface area contributed by atoms with Crippen molar-refractivity contribution in [3.8, 4) is 0 Å². The molecule has 0 aliphatic heterocycles. The molecule has 0 aliphatic carbocycles. The largest absolute Gasteiger partial charge is 0.366 e. The molecule has 0 heterocycles. The van der Waals surface area contributed by atoms with Crippen LogP contribution in [0.2, 0.25) is 0 Å². The van der Waals surface area contributed by atoms with E-state index >= 15 is 0 Å². The summed E-state index contributed by atoms with van der Waals surface area (Å²) in [5.41, 5.74) is 6.44. The van der Waals surface area contributed by atoms with Crippen LogP contribution in [0.4, 0.5) is 0 Å². The van der Waals surface area contributed by atoms with Crippen molar-refractivity contribution in [3.63, 3.8) is 0 Å². The van der Waals surface area contributed by atoms with Crippen LogP contribution in [0.1, 0.15) is 0 Å². The molecular weight excluding hydrogens is 122 g/mol. The molecule has 0 fully saturated rings. The fourth-order valence-electron chi connectivity index (χ4n) is 0.206. The fourth-order valence-corrected chi connectivity index (χ4v) is 0.206. The normalized spacial score (nSPS) is 9.44. The van der Waals surface area contributed by atoms with Crippen molar-refractivity contribution in [3.05, 3.63) is 12.2 Å². The van der Waals surface area contributed by atoms with E-state index in [9.17, 15) is 9.59 Å². The predicted molar refractivity (Wildman–Crippen MR) is 30.7 cm³/mol. The van der Waals surface area contributed by atoms with Crippen molar-refractivity contribution in [1.29, 1.82) is 0 Å². The maximum atomic E-state index is 10.2. The summed E-state index contributed by atoms with van der Waals surface area (Å²) in [6.45, 7) is 0. The maximum absolute atomic E-state index is 10.2. The van der Waals surface area contributed by atoms with Crippen LogP contribution in [0, 0.1) is 0 Å². The van der Waals surface area contributed by atoms with Crippen molar-refractivity contribution >= 4 is 11.8 Å². The topological polar surface area (TPSA) is 98.2 Å². The third-order valence-electron chi connectivity index (χ3n) is 0.541. The molecule has 9 heavy (non-hydrogen) atoms. The highest BCUT2D eigenvalue weighted by Crippen LogP contribution is 1.68. The summed E-state index contributed by atoms with van der Waals surface area (Å²) in [7, 11) is 0. The molecule has 0 aromatic heterocycles. The fraction of sp³-hybridized carbons (Fsp3) is 0. The van der Waals surface area contributed by atoms with Crippen LogP contribution >= 0.6 is 0 Å². The summed E-state index contributed by atoms with van der Waals surface area (Å²) >= 11 is 0. The van der Waals surface area contributed by atoms with Gasteiger partial charge >= 0.3 is 0 Å². The molecule has 5 heteroatoms. The first-order chi connectivity index (χ1) is 4.16. The number of amides is 2. The van der Waals surface area contributed by atoms with Crippen LogP contribution < -0.4 is 17.0 Å². The van der Waals surface area contributed by atoms with Gasteiger partial charge in [0, 0.05) is 12.2 Å². The number of hydrogen-bond donors (Lipinski definition) is 3. The van der Waals surface area contributed by atoms with E-state index in [-0.39, 0.29) is 0 Å². The first-order valence-corrected chi connectivity index (χ1v) is 2.15. The van der Waals surface area contributed by atoms with Gasteiger partial charge in [0.05, 0.1) is 0 Å². The Balaban J connectivity index is 3.71. The molecule has 5 nitrogen and oxygen atoms in total. The number of primary amides is 1. The second kappa shape index (κ2) is 3.62. The zero-order valence-electron chi connectivity index (χ0n) is 4.63. The van der Waals surface area contributed by atoms with Crippen molar-refractivity contribution in [2.45, 2.75) is 0 Å². The second-order valence-electron chi connectivity index (χ2n) is 1.24. The molecule has 50 valence electrons. The molecule has 5 N–H and O–H groups in total. The quantitative estimate of drug-likeness (QED) is 0.174. The van der Waals surface area contributed by atoms with Crippen LogP contribution in [0.25, 0.3) is 0 Å². The van der Waals surface area contributed by atoms with E-state index in [4.69, 9.17) is 0 Å². The summed E-state index contributed by atoms with van der Waals surface area (Å²) in [5, 5.41) is 0. The summed E-state index contributed by atoms with van der Waals surface area (Å²) in [4.78, 5) is 20.1. The second-order valence-corrected chi connectivity index (χ2v) is 1.24. The first-order valence-electron chi connectivity index (χ1n) is 2.15. The van der Waals surface area contributed by atoms with E-state index in [0.717, 1.165) is 12.2 Å². The molecular formula is C4H7N3O2. The number of rotatable bonds is 2. The predicted octanol–water partition coefficient (Wildman–Crippen LogP) is -1.98. The molecule has 2 amide bonds. The van der Waals surface area contributed by atoms with E-state index < -0.39 is 11.8 Å². The van der Waals surface area contributed by atoms with Crippen LogP contribution in [-0.2, 0) is 9.59 Å². The summed E-state index contributed by atoms with van der Waals surface area (Å²) in [6, 6.07) is 0. The van der Waals surface area contributed by atoms with E-state index in [2.05, 4.69) is 11.6 Å². The molecule has 0 bridgehead atoms. The van der Waals surface area contributed by atoms with Crippen molar-refractivity contribution in [1.82, 2.24) is 5.43 Å². The van der Waals surface area contributed by atoms with Gasteiger partial charge in [0.25, 0.3) is 5.91 Å². The van der Waals surface area contributed by atoms with Gasteiger partial charge in [-0.2, -0.15) is 0 Å². The number of hydrogen-bond acceptors (Lipinski definition) is 3. The first kappa shape index (κ1) is 7.64. The van der Waals surface area contributed by atoms with Crippen molar-refractivity contribution in [2.24, 2.45) is 11.6 Å². The van der Waals surface area contributed by atoms with Gasteiger partial charge in [-0.25, -0.2) is 5.84 Å². The zero-order chi connectivity index (χ0) is 7.28. The van der Waals surface area contributed by atoms with Gasteiger partial charge in [0.1, 0.15) is 0 Å². The molecule has 0 atom stereocenters. The summed E-state index contributed by atoms with van der Waals surface area (Å²) < 4.78 is 0. The minimum Gasteiger partial charge on any atom is -0.366 e. The zero-order valence-corrected chi connectivity index (χ0v) is 4.63. The van der Waals surface area contributed by atoms with Crippen molar-refractivity contribution < 1.29 is 9.59 Å². The molecule has 0 saturated heterocycles. The molecule has 0 unspecified atom stereocenters. The Bertz CT molecular complexity index is 152. The number of carbonyl (C=O) groups is 2. The van der Waals surface area contributed by atoms with E-state index in [0.29, 0.717) is 0 Å². The highest BCUT2D eigenvalue weighted by Gasteiger charge is 1.88. The van der Waals surface area contributed by atoms with Crippen LogP contribution in [0.15, 0.2) is 12.2 Å². The van der Waals surface area contributed by atoms with Crippen LogP contribution in [0.3, 0.4) is 0 Å². The molecule has 0 radical (unpaired) electrons. The monoisotopic (exact) mass is 129 g/mol. The third kappa shape index (κ3) is 4.49. The Morgan fingerprint density at radius 2 is 1.89 bits per heavy atom. The van der Waals surface area contributed by atoms with Crippen LogP contribution in [-0.4, -0.2) is 11.8 Å². The van der Waals surface area contributed by atoms with Gasteiger partial charge in [-0.15, -0.1) is 0 Å². The Labute approximate surface area is 51.7 Å². The molecule has 0 rings (SSSR count). The van der Waals surface area contributed by atoms with Gasteiger partial charge in [0.2, 0.25) is 5.91 Å². The summed E-state index contributed by atoms with van der Waals surface area (Å²) in [5.74, 6) is 3.41. The minimum atomic E-state index is -0.682. The lowest BCUT2D eigenvalue weighted by atomic mass is 10.5. The Morgan fingerprint density at radius 1 is 1.33 bits per heavy atom. The van der Waals surface area contributed by atoms with Gasteiger partial charge in [-0.3, -0.25) is 15.0 Å². The number of nitrogens with two attached hydrogens (primary N) is 2. The summed E-state index contributed by atoms with van der Waals surface area (Å²) in [6.07, 6.45) is 1.87. The minimum absolute atomic E-state index is 0.561. The Hall–Kier alpha value is -1.36. The average molecular weight is 129 g/mol. The molecule has 0 aromatic rings. The van der Waals surface area contributed by atoms with Crippen molar-refractivity contribution in [2.75, 3.05) is 0 Å². The highest BCUT2D eigenvalue weighted by molar-refractivity contribution is 5.95. The number of hydrazine groups is 1. The van der Waals surface area contributed by atoms with Crippen LogP contribution in [0.5, 0.6) is 0 Å². The van der Waals surface area contributed by atoms with Gasteiger partial charge in [-0.1, -0.05) is 0 Å². The van der Waals surface area contributed by atoms with E-state index in [1.807, 2.05) is 0 Å². The Morgan fingerprint density at radius 3 is 2.22 bits per heavy atom. The van der Waals surface area contributed by atoms with Gasteiger partial charge in [0.15, 0.2) is 0 Å². The number of nitrogens with one attached hydrogen (secondary N) is 1. The molecule has 0 spiro atoms. The number of carbonyl (C=O) groups excluding carboxylic acids is 2.